The van der Waals surface area contributed by atoms with Gasteiger partial charge in [-0.3, -0.25) is 14.9 Å². The molecule has 4 aromatic rings. The lowest BCUT2D eigenvalue weighted by atomic mass is 10.0. The number of nitrogens with zero attached hydrogens (tertiary/aromatic N) is 1. The molecule has 0 unspecified atom stereocenters. The Morgan fingerprint density at radius 3 is 2.34 bits per heavy atom. The van der Waals surface area contributed by atoms with Gasteiger partial charge in [-0.05, 0) is 24.3 Å². The molecular weight excluding hydrogens is 514 g/mol. The van der Waals surface area contributed by atoms with Crippen molar-refractivity contribution in [3.8, 4) is 16.9 Å². The number of ether oxygens (including phenoxy) is 1. The lowest BCUT2D eigenvalue weighted by Gasteiger charge is -2.14. The third-order valence-corrected chi connectivity index (χ3v) is 5.50. The van der Waals surface area contributed by atoms with Crippen molar-refractivity contribution in [2.45, 2.75) is 6.18 Å². The van der Waals surface area contributed by atoms with Crippen LogP contribution < -0.4 is 10.2 Å². The molecule has 0 saturated heterocycles. The molecule has 0 N–H and O–H groups in total. The Bertz CT molecular complexity index is 1570. The first-order chi connectivity index (χ1) is 16.5. The summed E-state index contributed by atoms with van der Waals surface area (Å²) in [6, 6.07) is 11.9. The molecule has 0 bridgehead atoms. The van der Waals surface area contributed by atoms with Crippen molar-refractivity contribution in [1.82, 2.24) is 0 Å². The van der Waals surface area contributed by atoms with Crippen LogP contribution in [0.2, 0.25) is 10.0 Å². The number of rotatable bonds is 4. The van der Waals surface area contributed by atoms with Crippen LogP contribution in [0.3, 0.4) is 0 Å². The van der Waals surface area contributed by atoms with E-state index in [1.807, 2.05) is 0 Å². The molecule has 0 radical (unpaired) electrons. The molecule has 4 rings (SSSR count). The maximum Gasteiger partial charge on any atom is 0.450 e. The fourth-order valence-electron chi connectivity index (χ4n) is 3.29. The first-order valence-electron chi connectivity index (χ1n) is 9.56. The summed E-state index contributed by atoms with van der Waals surface area (Å²) in [6.07, 6.45) is -5.04. The number of fused-ring (bicyclic) bond motifs is 1. The predicted octanol–water partition coefficient (Wildman–Crippen LogP) is 6.91. The molecule has 0 fully saturated rings. The minimum Gasteiger partial charge on any atom is -0.450 e. The highest BCUT2D eigenvalue weighted by molar-refractivity contribution is 6.34. The Balaban J connectivity index is 1.79. The number of halogens is 5. The lowest BCUT2D eigenvalue weighted by molar-refractivity contribution is -0.384. The Kier molecular flexibility index (Phi) is 6.27. The van der Waals surface area contributed by atoms with Crippen molar-refractivity contribution < 1.29 is 32.0 Å². The Labute approximate surface area is 203 Å². The van der Waals surface area contributed by atoms with Crippen molar-refractivity contribution in [3.63, 3.8) is 0 Å². The zero-order valence-corrected chi connectivity index (χ0v) is 18.6. The maximum absolute atomic E-state index is 13.8. The van der Waals surface area contributed by atoms with E-state index in [1.54, 1.807) is 0 Å². The molecule has 0 amide bonds. The summed E-state index contributed by atoms with van der Waals surface area (Å²) in [5, 5.41) is 10.3. The smallest absolute Gasteiger partial charge is 0.450 e. The van der Waals surface area contributed by atoms with Gasteiger partial charge in [0.2, 0.25) is 11.2 Å². The van der Waals surface area contributed by atoms with Crippen LogP contribution in [0.4, 0.5) is 18.9 Å². The van der Waals surface area contributed by atoms with E-state index in [4.69, 9.17) is 32.4 Å². The van der Waals surface area contributed by atoms with Gasteiger partial charge in [0.1, 0.15) is 11.3 Å². The molecule has 0 spiro atoms. The molecule has 0 atom stereocenters. The van der Waals surface area contributed by atoms with Crippen LogP contribution in [0.5, 0.6) is 5.75 Å². The quantitative estimate of drug-likeness (QED) is 0.125. The van der Waals surface area contributed by atoms with Gasteiger partial charge in [0, 0.05) is 28.8 Å². The third-order valence-electron chi connectivity index (χ3n) is 4.86. The number of nitro benzene ring substituents is 1. The summed E-state index contributed by atoms with van der Waals surface area (Å²) >= 11 is 11.9. The SMILES string of the molecule is O=C(Oc1ccc2c(=O)c(-c3ccccc3Cl)c(C(F)(F)F)oc2c1)c1ccc([N+](=O)[O-])cc1Cl. The molecule has 0 aliphatic rings. The minimum absolute atomic E-state index is 0.0739. The van der Waals surface area contributed by atoms with Gasteiger partial charge >= 0.3 is 12.1 Å². The molecule has 0 aliphatic heterocycles. The fourth-order valence-corrected chi connectivity index (χ4v) is 3.77. The fraction of sp³-hybridized carbons (Fsp3) is 0.0435. The first-order valence-corrected chi connectivity index (χ1v) is 10.3. The number of non-ortho nitro benzene ring substituents is 1. The van der Waals surface area contributed by atoms with E-state index in [0.717, 1.165) is 30.3 Å². The highest BCUT2D eigenvalue weighted by Crippen LogP contribution is 2.39. The van der Waals surface area contributed by atoms with Gasteiger partial charge in [0.15, 0.2) is 0 Å². The molecule has 0 saturated carbocycles. The van der Waals surface area contributed by atoms with Crippen LogP contribution >= 0.6 is 23.2 Å². The van der Waals surface area contributed by atoms with Crippen LogP contribution in [0.25, 0.3) is 22.1 Å². The molecule has 1 aromatic heterocycles. The topological polar surface area (TPSA) is 99.7 Å². The zero-order chi connectivity index (χ0) is 25.5. The summed E-state index contributed by atoms with van der Waals surface area (Å²) in [4.78, 5) is 35.6. The summed E-state index contributed by atoms with van der Waals surface area (Å²) in [7, 11) is 0. The van der Waals surface area contributed by atoms with Crippen LogP contribution in [-0.4, -0.2) is 10.9 Å². The Hall–Kier alpha value is -3.89. The first kappa shape index (κ1) is 24.2. The number of esters is 1. The Morgan fingerprint density at radius 1 is 1.00 bits per heavy atom. The molecular formula is C23H10Cl2F3NO6. The molecule has 0 aliphatic carbocycles. The van der Waals surface area contributed by atoms with Crippen LogP contribution in [-0.2, 0) is 6.18 Å². The predicted molar refractivity (Wildman–Crippen MR) is 121 cm³/mol. The second-order valence-electron chi connectivity index (χ2n) is 7.08. The van der Waals surface area contributed by atoms with E-state index >= 15 is 0 Å². The van der Waals surface area contributed by atoms with E-state index in [1.165, 1.54) is 30.3 Å². The molecule has 35 heavy (non-hydrogen) atoms. The van der Waals surface area contributed by atoms with Crippen molar-refractivity contribution in [2.75, 3.05) is 0 Å². The van der Waals surface area contributed by atoms with Crippen molar-refractivity contribution in [1.29, 1.82) is 0 Å². The summed E-state index contributed by atoms with van der Waals surface area (Å²) in [5.74, 6) is -2.85. The number of benzene rings is 3. The van der Waals surface area contributed by atoms with Crippen LogP contribution in [0.1, 0.15) is 16.1 Å². The molecule has 12 heteroatoms. The second-order valence-corrected chi connectivity index (χ2v) is 7.90. The summed E-state index contributed by atoms with van der Waals surface area (Å²) in [6.45, 7) is 0. The van der Waals surface area contributed by atoms with Crippen LogP contribution in [0, 0.1) is 10.1 Å². The largest absolute Gasteiger partial charge is 0.450 e. The van der Waals surface area contributed by atoms with Crippen molar-refractivity contribution in [3.05, 3.63) is 102 Å². The molecule has 178 valence electrons. The van der Waals surface area contributed by atoms with Gasteiger partial charge < -0.3 is 9.15 Å². The molecule has 3 aromatic carbocycles. The van der Waals surface area contributed by atoms with E-state index in [-0.39, 0.29) is 38.0 Å². The number of carbonyl (C=O) groups excluding carboxylic acids is 1. The van der Waals surface area contributed by atoms with Gasteiger partial charge in [-0.2, -0.15) is 13.2 Å². The van der Waals surface area contributed by atoms with Gasteiger partial charge in [0.25, 0.3) is 5.69 Å². The van der Waals surface area contributed by atoms with Crippen molar-refractivity contribution >= 4 is 45.8 Å². The van der Waals surface area contributed by atoms with E-state index < -0.39 is 39.4 Å². The highest BCUT2D eigenvalue weighted by atomic mass is 35.5. The third kappa shape index (κ3) is 4.71. The summed E-state index contributed by atoms with van der Waals surface area (Å²) in [5.41, 5.74) is -2.95. The van der Waals surface area contributed by atoms with E-state index in [9.17, 15) is 32.9 Å². The summed E-state index contributed by atoms with van der Waals surface area (Å²) < 4.78 is 51.6. The average molecular weight is 524 g/mol. The molecule has 7 nitrogen and oxygen atoms in total. The minimum atomic E-state index is -5.04. The normalized spacial score (nSPS) is 11.5. The van der Waals surface area contributed by atoms with Gasteiger partial charge in [-0.15, -0.1) is 0 Å². The molecule has 1 heterocycles. The highest BCUT2D eigenvalue weighted by Gasteiger charge is 2.40. The van der Waals surface area contributed by atoms with Gasteiger partial charge in [-0.25, -0.2) is 4.79 Å². The lowest BCUT2D eigenvalue weighted by Crippen LogP contribution is -2.16. The monoisotopic (exact) mass is 523 g/mol. The number of nitro groups is 1. The second kappa shape index (κ2) is 9.05. The zero-order valence-electron chi connectivity index (χ0n) is 17.1. The number of hydrogen-bond acceptors (Lipinski definition) is 6. The number of alkyl halides is 3. The van der Waals surface area contributed by atoms with E-state index in [0.29, 0.717) is 0 Å². The standard InChI is InChI=1S/C23H10Cl2F3NO6/c24-16-4-2-1-3-13(16)19-20(30)15-8-6-12(10-18(15)35-21(19)23(26,27)28)34-22(31)14-7-5-11(29(32)33)9-17(14)25/h1-10H. The Morgan fingerprint density at radius 2 is 1.71 bits per heavy atom. The van der Waals surface area contributed by atoms with E-state index in [2.05, 4.69) is 0 Å². The van der Waals surface area contributed by atoms with Gasteiger partial charge in [-0.1, -0.05) is 41.4 Å². The number of carbonyl (C=O) groups is 1. The maximum atomic E-state index is 13.8. The van der Waals surface area contributed by atoms with Crippen LogP contribution in [0.15, 0.2) is 69.9 Å². The average Bonchev–Trinajstić information content (AvgIpc) is 2.78. The van der Waals surface area contributed by atoms with Crippen molar-refractivity contribution in [2.24, 2.45) is 0 Å². The number of hydrogen-bond donors (Lipinski definition) is 0. The van der Waals surface area contributed by atoms with Gasteiger partial charge in [0.05, 0.1) is 26.5 Å².